The fourth-order valence-electron chi connectivity index (χ4n) is 1.84. The van der Waals surface area contributed by atoms with Crippen molar-refractivity contribution in [1.82, 2.24) is 0 Å². The minimum absolute atomic E-state index is 0.0578. The van der Waals surface area contributed by atoms with Gasteiger partial charge in [-0.15, -0.1) is 0 Å². The molecule has 2 unspecified atom stereocenters. The van der Waals surface area contributed by atoms with Crippen LogP contribution in [0.1, 0.15) is 65.2 Å². The van der Waals surface area contributed by atoms with Crippen molar-refractivity contribution in [2.45, 2.75) is 77.4 Å². The zero-order valence-corrected chi connectivity index (χ0v) is 11.9. The molecule has 5 heteroatoms. The van der Waals surface area contributed by atoms with Gasteiger partial charge < -0.3 is 14.9 Å². The summed E-state index contributed by atoms with van der Waals surface area (Å²) < 4.78 is 4.90. The number of rotatable bonds is 11. The molecule has 0 radical (unpaired) electrons. The standard InChI is InChI=1S/C14H26O5/c1-3-4-5-6-7-8-12(15)10-14(18)19-11(2)9-13(16)17/h11-12,15H,3-10H2,1-2H3,(H,16,17). The van der Waals surface area contributed by atoms with Crippen LogP contribution in [0.2, 0.25) is 0 Å². The first-order valence-electron chi connectivity index (χ1n) is 7.05. The van der Waals surface area contributed by atoms with Gasteiger partial charge in [-0.05, 0) is 13.3 Å². The second-order valence-electron chi connectivity index (χ2n) is 4.96. The first-order valence-corrected chi connectivity index (χ1v) is 7.05. The van der Waals surface area contributed by atoms with Crippen LogP contribution in [0.4, 0.5) is 0 Å². The molecule has 5 nitrogen and oxygen atoms in total. The Kier molecular flexibility index (Phi) is 10.2. The predicted molar refractivity (Wildman–Crippen MR) is 71.8 cm³/mol. The summed E-state index contributed by atoms with van der Waals surface area (Å²) in [7, 11) is 0. The third kappa shape index (κ3) is 11.7. The molecular weight excluding hydrogens is 248 g/mol. The third-order valence-corrected chi connectivity index (χ3v) is 2.84. The summed E-state index contributed by atoms with van der Waals surface area (Å²) in [5.74, 6) is -1.54. The highest BCUT2D eigenvalue weighted by Gasteiger charge is 2.16. The Morgan fingerprint density at radius 1 is 1.11 bits per heavy atom. The molecule has 0 aromatic carbocycles. The fraction of sp³-hybridized carbons (Fsp3) is 0.857. The minimum Gasteiger partial charge on any atom is -0.481 e. The maximum atomic E-state index is 11.4. The highest BCUT2D eigenvalue weighted by molar-refractivity contribution is 5.71. The van der Waals surface area contributed by atoms with E-state index >= 15 is 0 Å². The molecular formula is C14H26O5. The highest BCUT2D eigenvalue weighted by atomic mass is 16.5. The van der Waals surface area contributed by atoms with Gasteiger partial charge in [-0.25, -0.2) is 0 Å². The van der Waals surface area contributed by atoms with E-state index in [-0.39, 0.29) is 12.8 Å². The van der Waals surface area contributed by atoms with Crippen LogP contribution < -0.4 is 0 Å². The van der Waals surface area contributed by atoms with E-state index in [1.807, 2.05) is 0 Å². The number of esters is 1. The average molecular weight is 274 g/mol. The SMILES string of the molecule is CCCCCCCC(O)CC(=O)OC(C)CC(=O)O. The third-order valence-electron chi connectivity index (χ3n) is 2.84. The van der Waals surface area contributed by atoms with Gasteiger partial charge in [0.1, 0.15) is 6.10 Å². The number of hydrogen-bond donors (Lipinski definition) is 2. The molecule has 2 atom stereocenters. The quantitative estimate of drug-likeness (QED) is 0.447. The van der Waals surface area contributed by atoms with Crippen molar-refractivity contribution in [2.75, 3.05) is 0 Å². The smallest absolute Gasteiger partial charge is 0.308 e. The molecule has 0 saturated carbocycles. The molecule has 0 rings (SSSR count). The lowest BCUT2D eigenvalue weighted by atomic mass is 10.1. The number of hydrogen-bond acceptors (Lipinski definition) is 4. The number of aliphatic carboxylic acids is 1. The van der Waals surface area contributed by atoms with Crippen LogP contribution in [-0.4, -0.2) is 34.4 Å². The van der Waals surface area contributed by atoms with Gasteiger partial charge in [0.05, 0.1) is 18.9 Å². The normalized spacial score (nSPS) is 13.8. The lowest BCUT2D eigenvalue weighted by molar-refractivity contribution is -0.153. The zero-order chi connectivity index (χ0) is 14.7. The molecule has 0 spiro atoms. The summed E-state index contributed by atoms with van der Waals surface area (Å²) in [4.78, 5) is 21.8. The van der Waals surface area contributed by atoms with Crippen LogP contribution in [0, 0.1) is 0 Å². The molecule has 0 amide bonds. The van der Waals surface area contributed by atoms with Gasteiger partial charge in [-0.1, -0.05) is 39.0 Å². The van der Waals surface area contributed by atoms with Gasteiger partial charge >= 0.3 is 11.9 Å². The van der Waals surface area contributed by atoms with E-state index in [0.717, 1.165) is 19.3 Å². The Balaban J connectivity index is 3.65. The topological polar surface area (TPSA) is 83.8 Å². The van der Waals surface area contributed by atoms with Crippen molar-refractivity contribution in [1.29, 1.82) is 0 Å². The van der Waals surface area contributed by atoms with Crippen LogP contribution in [0.5, 0.6) is 0 Å². The van der Waals surface area contributed by atoms with Crippen molar-refractivity contribution >= 4 is 11.9 Å². The first-order chi connectivity index (χ1) is 8.95. The Hall–Kier alpha value is -1.10. The summed E-state index contributed by atoms with van der Waals surface area (Å²) in [6.45, 7) is 3.67. The minimum atomic E-state index is -1.00. The maximum absolute atomic E-state index is 11.4. The van der Waals surface area contributed by atoms with E-state index in [2.05, 4.69) is 6.92 Å². The summed E-state index contributed by atoms with van der Waals surface area (Å²) in [6, 6.07) is 0. The monoisotopic (exact) mass is 274 g/mol. The molecule has 0 aliphatic rings. The molecule has 0 aromatic rings. The molecule has 0 aromatic heterocycles. The molecule has 0 aliphatic heterocycles. The Morgan fingerprint density at radius 3 is 2.32 bits per heavy atom. The van der Waals surface area contributed by atoms with Crippen molar-refractivity contribution < 1.29 is 24.5 Å². The molecule has 0 saturated heterocycles. The second kappa shape index (κ2) is 10.8. The number of aliphatic hydroxyl groups is 1. The van der Waals surface area contributed by atoms with Gasteiger partial charge in [0.15, 0.2) is 0 Å². The van der Waals surface area contributed by atoms with E-state index in [0.29, 0.717) is 6.42 Å². The molecule has 0 fully saturated rings. The lowest BCUT2D eigenvalue weighted by Crippen LogP contribution is -2.22. The maximum Gasteiger partial charge on any atom is 0.308 e. The Labute approximate surface area is 115 Å². The Morgan fingerprint density at radius 2 is 1.74 bits per heavy atom. The van der Waals surface area contributed by atoms with E-state index in [4.69, 9.17) is 9.84 Å². The molecule has 2 N–H and O–H groups in total. The van der Waals surface area contributed by atoms with Crippen LogP contribution >= 0.6 is 0 Å². The van der Waals surface area contributed by atoms with Crippen LogP contribution in [-0.2, 0) is 14.3 Å². The number of unbranched alkanes of at least 4 members (excludes halogenated alkanes) is 4. The molecule has 0 aliphatic carbocycles. The number of carbonyl (C=O) groups is 2. The number of carbonyl (C=O) groups excluding carboxylic acids is 1. The number of carboxylic acids is 1. The van der Waals surface area contributed by atoms with E-state index < -0.39 is 24.1 Å². The predicted octanol–water partition coefficient (Wildman–Crippen LogP) is 2.50. The van der Waals surface area contributed by atoms with Crippen molar-refractivity contribution in [2.24, 2.45) is 0 Å². The zero-order valence-electron chi connectivity index (χ0n) is 11.9. The molecule has 112 valence electrons. The van der Waals surface area contributed by atoms with E-state index in [1.165, 1.54) is 19.8 Å². The van der Waals surface area contributed by atoms with Crippen LogP contribution in [0.3, 0.4) is 0 Å². The molecule has 0 heterocycles. The van der Waals surface area contributed by atoms with Gasteiger partial charge in [-0.2, -0.15) is 0 Å². The largest absolute Gasteiger partial charge is 0.481 e. The van der Waals surface area contributed by atoms with Gasteiger partial charge in [0.25, 0.3) is 0 Å². The van der Waals surface area contributed by atoms with Gasteiger partial charge in [-0.3, -0.25) is 9.59 Å². The highest BCUT2D eigenvalue weighted by Crippen LogP contribution is 2.10. The average Bonchev–Trinajstić information content (AvgIpc) is 2.26. The van der Waals surface area contributed by atoms with E-state index in [1.54, 1.807) is 0 Å². The Bertz CT molecular complexity index is 265. The van der Waals surface area contributed by atoms with Gasteiger partial charge in [0, 0.05) is 0 Å². The summed E-state index contributed by atoms with van der Waals surface area (Å²) in [5, 5.41) is 18.2. The van der Waals surface area contributed by atoms with Gasteiger partial charge in [0.2, 0.25) is 0 Å². The summed E-state index contributed by atoms with van der Waals surface area (Å²) >= 11 is 0. The van der Waals surface area contributed by atoms with Crippen molar-refractivity contribution in [3.05, 3.63) is 0 Å². The number of ether oxygens (including phenoxy) is 1. The van der Waals surface area contributed by atoms with Crippen LogP contribution in [0.15, 0.2) is 0 Å². The first kappa shape index (κ1) is 17.9. The molecule has 0 bridgehead atoms. The fourth-order valence-corrected chi connectivity index (χ4v) is 1.84. The van der Waals surface area contributed by atoms with Crippen molar-refractivity contribution in [3.63, 3.8) is 0 Å². The number of carboxylic acid groups (broad SMARTS) is 1. The van der Waals surface area contributed by atoms with Crippen LogP contribution in [0.25, 0.3) is 0 Å². The number of aliphatic hydroxyl groups excluding tert-OH is 1. The lowest BCUT2D eigenvalue weighted by Gasteiger charge is -2.13. The molecule has 19 heavy (non-hydrogen) atoms. The summed E-state index contributed by atoms with van der Waals surface area (Å²) in [5.41, 5.74) is 0. The van der Waals surface area contributed by atoms with E-state index in [9.17, 15) is 14.7 Å². The van der Waals surface area contributed by atoms with Crippen molar-refractivity contribution in [3.8, 4) is 0 Å². The second-order valence-corrected chi connectivity index (χ2v) is 4.96. The summed E-state index contributed by atoms with van der Waals surface area (Å²) in [6.07, 6.45) is 4.48.